The lowest BCUT2D eigenvalue weighted by Crippen LogP contribution is -2.45. The fourth-order valence-corrected chi connectivity index (χ4v) is 3.80. The number of nitrogens with two attached hydrogens (primary N) is 1. The molecule has 0 spiro atoms. The lowest BCUT2D eigenvalue weighted by molar-refractivity contribution is -0.131. The van der Waals surface area contributed by atoms with Crippen LogP contribution in [0.15, 0.2) is 35.2 Å². The summed E-state index contributed by atoms with van der Waals surface area (Å²) in [5.74, 6) is -1.05. The van der Waals surface area contributed by atoms with Crippen molar-refractivity contribution < 1.29 is 18.3 Å². The summed E-state index contributed by atoms with van der Waals surface area (Å²) in [5, 5.41) is 8.55. The van der Waals surface area contributed by atoms with E-state index in [9.17, 15) is 13.2 Å². The Morgan fingerprint density at radius 1 is 1.33 bits per heavy atom. The number of piperidine rings is 1. The first kappa shape index (κ1) is 15.7. The third-order valence-corrected chi connectivity index (χ3v) is 5.24. The van der Waals surface area contributed by atoms with Gasteiger partial charge in [0.15, 0.2) is 0 Å². The second-order valence-corrected chi connectivity index (χ2v) is 6.94. The Balaban J connectivity index is 2.19. The van der Waals surface area contributed by atoms with Gasteiger partial charge in [0.1, 0.15) is 0 Å². The van der Waals surface area contributed by atoms with Gasteiger partial charge in [-0.05, 0) is 36.6 Å². The van der Waals surface area contributed by atoms with E-state index in [0.717, 1.165) is 18.9 Å². The zero-order valence-electron chi connectivity index (χ0n) is 11.5. The molecule has 0 amide bonds. The van der Waals surface area contributed by atoms with E-state index in [-0.39, 0.29) is 10.9 Å². The monoisotopic (exact) mass is 310 g/mol. The Morgan fingerprint density at radius 2 is 2.00 bits per heavy atom. The molecule has 1 aliphatic rings. The summed E-state index contributed by atoms with van der Waals surface area (Å²) in [6.07, 6.45) is 4.02. The molecule has 21 heavy (non-hydrogen) atoms. The second kappa shape index (κ2) is 6.38. The van der Waals surface area contributed by atoms with Crippen LogP contribution in [0.2, 0.25) is 0 Å². The average Bonchev–Trinajstić information content (AvgIpc) is 2.45. The maximum Gasteiger partial charge on any atom is 0.328 e. The number of aliphatic carboxylic acids is 1. The molecule has 6 nitrogen and oxygen atoms in total. The topological polar surface area (TPSA) is 101 Å². The molecule has 0 aromatic heterocycles. The van der Waals surface area contributed by atoms with Crippen molar-refractivity contribution in [2.45, 2.75) is 23.8 Å². The minimum Gasteiger partial charge on any atom is -0.478 e. The molecule has 1 saturated heterocycles. The number of sulfonamides is 1. The van der Waals surface area contributed by atoms with Gasteiger partial charge < -0.3 is 10.8 Å². The first-order valence-corrected chi connectivity index (χ1v) is 8.10. The van der Waals surface area contributed by atoms with Crippen molar-refractivity contribution in [2.24, 2.45) is 5.73 Å². The van der Waals surface area contributed by atoms with Gasteiger partial charge in [0, 0.05) is 25.2 Å². The number of carboxylic acid groups (broad SMARTS) is 1. The number of hydrogen-bond acceptors (Lipinski definition) is 4. The molecule has 0 radical (unpaired) electrons. The number of hydrogen-bond donors (Lipinski definition) is 2. The lowest BCUT2D eigenvalue weighted by Gasteiger charge is -2.29. The van der Waals surface area contributed by atoms with E-state index in [1.165, 1.54) is 22.5 Å². The van der Waals surface area contributed by atoms with E-state index in [2.05, 4.69) is 0 Å². The quantitative estimate of drug-likeness (QED) is 0.805. The highest BCUT2D eigenvalue weighted by molar-refractivity contribution is 7.89. The number of benzene rings is 1. The highest BCUT2D eigenvalue weighted by Crippen LogP contribution is 2.20. The van der Waals surface area contributed by atoms with Crippen molar-refractivity contribution in [3.8, 4) is 0 Å². The van der Waals surface area contributed by atoms with E-state index in [1.54, 1.807) is 12.1 Å². The third-order valence-electron chi connectivity index (χ3n) is 3.36. The highest BCUT2D eigenvalue weighted by Gasteiger charge is 2.28. The summed E-state index contributed by atoms with van der Waals surface area (Å²) in [4.78, 5) is 10.6. The minimum atomic E-state index is -3.53. The molecule has 7 heteroatoms. The van der Waals surface area contributed by atoms with Crippen LogP contribution in [0.25, 0.3) is 6.08 Å². The molecule has 114 valence electrons. The molecule has 3 N–H and O–H groups in total. The normalized spacial score (nSPS) is 20.7. The Morgan fingerprint density at radius 3 is 2.57 bits per heavy atom. The molecule has 0 aliphatic carbocycles. The van der Waals surface area contributed by atoms with E-state index in [0.29, 0.717) is 18.7 Å². The van der Waals surface area contributed by atoms with Crippen molar-refractivity contribution in [1.82, 2.24) is 4.31 Å². The largest absolute Gasteiger partial charge is 0.478 e. The summed E-state index contributed by atoms with van der Waals surface area (Å²) < 4.78 is 26.3. The number of carboxylic acids is 1. The van der Waals surface area contributed by atoms with Crippen molar-refractivity contribution in [2.75, 3.05) is 13.1 Å². The van der Waals surface area contributed by atoms with Gasteiger partial charge in [0.2, 0.25) is 10.0 Å². The summed E-state index contributed by atoms with van der Waals surface area (Å²) in [6, 6.07) is 6.01. The molecule has 1 aromatic carbocycles. The van der Waals surface area contributed by atoms with Crippen molar-refractivity contribution in [3.05, 3.63) is 35.9 Å². The molecular weight excluding hydrogens is 292 g/mol. The van der Waals surface area contributed by atoms with Crippen LogP contribution in [0.1, 0.15) is 18.4 Å². The molecule has 2 rings (SSSR count). The summed E-state index contributed by atoms with van der Waals surface area (Å²) in [6.45, 7) is 0.819. The first-order chi connectivity index (χ1) is 9.89. The molecule has 1 aliphatic heterocycles. The van der Waals surface area contributed by atoms with Crippen LogP contribution >= 0.6 is 0 Å². The molecule has 1 unspecified atom stereocenters. The zero-order chi connectivity index (χ0) is 15.5. The summed E-state index contributed by atoms with van der Waals surface area (Å²) in [7, 11) is -3.53. The Hall–Kier alpha value is -1.70. The lowest BCUT2D eigenvalue weighted by atomic mass is 10.1. The summed E-state index contributed by atoms with van der Waals surface area (Å²) >= 11 is 0. The van der Waals surface area contributed by atoms with Gasteiger partial charge in [-0.25, -0.2) is 13.2 Å². The smallest absolute Gasteiger partial charge is 0.328 e. The van der Waals surface area contributed by atoms with Crippen LogP contribution in [0.3, 0.4) is 0 Å². The molecule has 0 saturated carbocycles. The molecule has 1 atom stereocenters. The zero-order valence-corrected chi connectivity index (χ0v) is 12.3. The van der Waals surface area contributed by atoms with Crippen molar-refractivity contribution >= 4 is 22.1 Å². The van der Waals surface area contributed by atoms with Crippen LogP contribution in [0, 0.1) is 0 Å². The van der Waals surface area contributed by atoms with Gasteiger partial charge in [0.25, 0.3) is 0 Å². The number of carbonyl (C=O) groups is 1. The van der Waals surface area contributed by atoms with Gasteiger partial charge in [-0.1, -0.05) is 12.1 Å². The van der Waals surface area contributed by atoms with Crippen LogP contribution < -0.4 is 5.73 Å². The Labute approximate surface area is 123 Å². The van der Waals surface area contributed by atoms with Crippen LogP contribution in [-0.4, -0.2) is 42.9 Å². The minimum absolute atomic E-state index is 0.119. The van der Waals surface area contributed by atoms with Crippen molar-refractivity contribution in [3.63, 3.8) is 0 Å². The van der Waals surface area contributed by atoms with Gasteiger partial charge in [-0.3, -0.25) is 0 Å². The van der Waals surface area contributed by atoms with E-state index < -0.39 is 16.0 Å². The average molecular weight is 310 g/mol. The molecular formula is C14H18N2O4S. The van der Waals surface area contributed by atoms with Crippen LogP contribution in [0.5, 0.6) is 0 Å². The highest BCUT2D eigenvalue weighted by atomic mass is 32.2. The Kier molecular flexibility index (Phi) is 4.76. The molecule has 1 heterocycles. The maximum absolute atomic E-state index is 12.5. The summed E-state index contributed by atoms with van der Waals surface area (Å²) in [5.41, 5.74) is 6.45. The number of nitrogens with zero attached hydrogens (tertiary/aromatic N) is 1. The van der Waals surface area contributed by atoms with Crippen LogP contribution in [-0.2, 0) is 14.8 Å². The molecule has 1 aromatic rings. The van der Waals surface area contributed by atoms with Gasteiger partial charge >= 0.3 is 5.97 Å². The third kappa shape index (κ3) is 3.90. The SMILES string of the molecule is NC1CCCN(S(=O)(=O)c2ccc(C=CC(=O)O)cc2)C1. The van der Waals surface area contributed by atoms with Gasteiger partial charge in [0.05, 0.1) is 4.90 Å². The van der Waals surface area contributed by atoms with E-state index in [1.807, 2.05) is 0 Å². The first-order valence-electron chi connectivity index (χ1n) is 6.66. The van der Waals surface area contributed by atoms with Gasteiger partial charge in [-0.2, -0.15) is 4.31 Å². The van der Waals surface area contributed by atoms with Gasteiger partial charge in [-0.15, -0.1) is 0 Å². The Bertz CT molecular complexity index is 637. The number of rotatable bonds is 4. The maximum atomic E-state index is 12.5. The van der Waals surface area contributed by atoms with E-state index >= 15 is 0 Å². The molecule has 1 fully saturated rings. The van der Waals surface area contributed by atoms with Crippen molar-refractivity contribution in [1.29, 1.82) is 0 Å². The second-order valence-electron chi connectivity index (χ2n) is 5.01. The fourth-order valence-electron chi connectivity index (χ4n) is 2.26. The predicted molar refractivity (Wildman–Crippen MR) is 79.1 cm³/mol. The van der Waals surface area contributed by atoms with Crippen LogP contribution in [0.4, 0.5) is 0 Å². The molecule has 0 bridgehead atoms. The predicted octanol–water partition coefficient (Wildman–Crippen LogP) is 0.896. The standard InChI is InChI=1S/C14H18N2O4S/c15-12-2-1-9-16(10-12)21(19,20)13-6-3-11(4-7-13)5-8-14(17)18/h3-8,12H,1-2,9-10,15H2,(H,17,18). The van der Waals surface area contributed by atoms with E-state index in [4.69, 9.17) is 10.8 Å². The fraction of sp³-hybridized carbons (Fsp3) is 0.357.